The van der Waals surface area contributed by atoms with Crippen LogP contribution in [0.1, 0.15) is 69.4 Å². The average Bonchev–Trinajstić information content (AvgIpc) is 3.57. The number of amides is 4. The minimum absolute atomic E-state index is 0.00751. The zero-order chi connectivity index (χ0) is 31.9. The van der Waals surface area contributed by atoms with E-state index in [1.165, 1.54) is 17.8 Å². The van der Waals surface area contributed by atoms with Crippen molar-refractivity contribution >= 4 is 41.0 Å². The Morgan fingerprint density at radius 3 is 2.51 bits per heavy atom. The number of anilines is 2. The predicted molar refractivity (Wildman–Crippen MR) is 176 cm³/mol. The van der Waals surface area contributed by atoms with Gasteiger partial charge in [-0.3, -0.25) is 9.59 Å². The number of thioether (sulfide) groups is 1. The highest BCUT2D eigenvalue weighted by atomic mass is 32.2. The molecule has 3 fully saturated rings. The molecular weight excluding hydrogens is 591 g/mol. The van der Waals surface area contributed by atoms with Crippen molar-refractivity contribution in [3.63, 3.8) is 0 Å². The highest BCUT2D eigenvalue weighted by Crippen LogP contribution is 2.48. The van der Waals surface area contributed by atoms with E-state index in [-0.39, 0.29) is 53.0 Å². The lowest BCUT2D eigenvalue weighted by atomic mass is 9.92. The molecule has 0 spiro atoms. The number of nitrogens with zero attached hydrogens (tertiary/aromatic N) is 4. The molecule has 4 heterocycles. The first-order valence-electron chi connectivity index (χ1n) is 16.2. The van der Waals surface area contributed by atoms with Gasteiger partial charge >= 0.3 is 6.03 Å². The molecule has 0 radical (unpaired) electrons. The Morgan fingerprint density at radius 1 is 1.04 bits per heavy atom. The molecule has 3 N–H and O–H groups in total. The number of nitrogens with two attached hydrogens (primary N) is 1. The molecule has 1 unspecified atom stereocenters. The summed E-state index contributed by atoms with van der Waals surface area (Å²) in [6.07, 6.45) is 3.07. The second-order valence-corrected chi connectivity index (χ2v) is 15.3. The highest BCUT2D eigenvalue weighted by molar-refractivity contribution is 8.01. The van der Waals surface area contributed by atoms with Crippen molar-refractivity contribution in [1.82, 2.24) is 14.7 Å². The van der Waals surface area contributed by atoms with Crippen molar-refractivity contribution in [3.05, 3.63) is 59.4 Å². The van der Waals surface area contributed by atoms with Crippen molar-refractivity contribution in [1.29, 1.82) is 0 Å². The standard InChI is InChI=1S/C34H45FN6O3S/c1-34(2,3)14-18-40-31(43)28(45-32(40)25-8-6-9-26(35)30(25)39-15-11-23(36)21-39)19-29(42)38-16-12-24(13-17-38)41-20-22-7-4-5-10-27(22)37-33(41)44/h4-10,23-24,28,32H,11-21,36H2,1-3H3,(H,37,44)/t23?,28-,32-/m0/s1. The number of fused-ring (bicyclic) bond motifs is 1. The van der Waals surface area contributed by atoms with Gasteiger partial charge in [0.05, 0.1) is 10.9 Å². The number of hydrogen-bond donors (Lipinski definition) is 2. The fourth-order valence-electron chi connectivity index (χ4n) is 6.94. The number of urea groups is 1. The third-order valence-electron chi connectivity index (χ3n) is 9.54. The van der Waals surface area contributed by atoms with Gasteiger partial charge in [0.1, 0.15) is 11.2 Å². The van der Waals surface area contributed by atoms with Crippen LogP contribution in [-0.4, -0.2) is 82.6 Å². The zero-order valence-corrected chi connectivity index (χ0v) is 27.3. The fourth-order valence-corrected chi connectivity index (χ4v) is 8.43. The molecule has 9 nitrogen and oxygen atoms in total. The number of rotatable bonds is 7. The van der Waals surface area contributed by atoms with E-state index >= 15 is 4.39 Å². The summed E-state index contributed by atoms with van der Waals surface area (Å²) in [6, 6.07) is 12.9. The van der Waals surface area contributed by atoms with Crippen LogP contribution < -0.4 is 16.0 Å². The third-order valence-corrected chi connectivity index (χ3v) is 11.0. The van der Waals surface area contributed by atoms with Crippen LogP contribution in [-0.2, 0) is 16.1 Å². The predicted octanol–water partition coefficient (Wildman–Crippen LogP) is 5.17. The van der Waals surface area contributed by atoms with Crippen LogP contribution >= 0.6 is 11.8 Å². The maximum Gasteiger partial charge on any atom is 0.322 e. The van der Waals surface area contributed by atoms with Crippen LogP contribution in [0.25, 0.3) is 0 Å². The number of carbonyl (C=O) groups is 3. The molecule has 6 rings (SSSR count). The Kier molecular flexibility index (Phi) is 9.03. The topological polar surface area (TPSA) is 102 Å². The minimum Gasteiger partial charge on any atom is -0.367 e. The summed E-state index contributed by atoms with van der Waals surface area (Å²) in [7, 11) is 0. The second kappa shape index (κ2) is 12.8. The smallest absolute Gasteiger partial charge is 0.322 e. The fraction of sp³-hybridized carbons (Fsp3) is 0.559. The molecule has 3 saturated heterocycles. The van der Waals surface area contributed by atoms with Gasteiger partial charge in [-0.15, -0.1) is 11.8 Å². The molecular formula is C34H45FN6O3S. The monoisotopic (exact) mass is 636 g/mol. The van der Waals surface area contributed by atoms with Crippen LogP contribution in [0.2, 0.25) is 0 Å². The molecule has 0 bridgehead atoms. The average molecular weight is 637 g/mol. The van der Waals surface area contributed by atoms with E-state index in [0.717, 1.165) is 29.7 Å². The van der Waals surface area contributed by atoms with Crippen molar-refractivity contribution in [3.8, 4) is 0 Å². The molecule has 0 aromatic heterocycles. The van der Waals surface area contributed by atoms with Gasteiger partial charge in [-0.05, 0) is 48.8 Å². The summed E-state index contributed by atoms with van der Waals surface area (Å²) in [4.78, 5) is 48.0. The summed E-state index contributed by atoms with van der Waals surface area (Å²) in [5, 5.41) is 2.07. The van der Waals surface area contributed by atoms with Crippen LogP contribution in [0.15, 0.2) is 42.5 Å². The number of likely N-dealkylation sites (tertiary alicyclic amines) is 1. The van der Waals surface area contributed by atoms with E-state index < -0.39 is 5.25 Å². The number of hydrogen-bond acceptors (Lipinski definition) is 6. The number of para-hydroxylation sites is 2. The lowest BCUT2D eigenvalue weighted by Gasteiger charge is -2.40. The Hall–Kier alpha value is -3.31. The first kappa shape index (κ1) is 31.7. The molecule has 11 heteroatoms. The van der Waals surface area contributed by atoms with Gasteiger partial charge in [-0.25, -0.2) is 9.18 Å². The molecule has 242 valence electrons. The summed E-state index contributed by atoms with van der Waals surface area (Å²) in [6.45, 7) is 9.86. The summed E-state index contributed by atoms with van der Waals surface area (Å²) in [5.74, 6) is -0.415. The van der Waals surface area contributed by atoms with Gasteiger partial charge in [0.2, 0.25) is 11.8 Å². The van der Waals surface area contributed by atoms with Gasteiger partial charge < -0.3 is 30.7 Å². The number of carbonyl (C=O) groups excluding carboxylic acids is 3. The molecule has 2 aromatic rings. The lowest BCUT2D eigenvalue weighted by molar-refractivity contribution is -0.137. The zero-order valence-electron chi connectivity index (χ0n) is 26.5. The number of halogens is 1. The van der Waals surface area contributed by atoms with Crippen molar-refractivity contribution in [2.75, 3.05) is 42.9 Å². The quantitative estimate of drug-likeness (QED) is 0.435. The van der Waals surface area contributed by atoms with Gasteiger partial charge in [0.15, 0.2) is 0 Å². The molecule has 3 atom stereocenters. The van der Waals surface area contributed by atoms with Crippen molar-refractivity contribution in [2.24, 2.45) is 11.1 Å². The van der Waals surface area contributed by atoms with E-state index in [9.17, 15) is 14.4 Å². The van der Waals surface area contributed by atoms with Gasteiger partial charge in [-0.1, -0.05) is 51.1 Å². The highest BCUT2D eigenvalue weighted by Gasteiger charge is 2.44. The normalized spacial score (nSPS) is 24.3. The Morgan fingerprint density at radius 2 is 1.80 bits per heavy atom. The molecule has 4 amide bonds. The van der Waals surface area contributed by atoms with E-state index in [0.29, 0.717) is 57.8 Å². The SMILES string of the molecule is CC(C)(C)CCN1C(=O)[C@H](CC(=O)N2CCC(N3Cc4ccccc4NC3=O)CC2)S[C@H]1c1cccc(F)c1N1CCC(N)C1. The van der Waals surface area contributed by atoms with Crippen molar-refractivity contribution in [2.45, 2.75) is 82.1 Å². The Bertz CT molecular complexity index is 1440. The van der Waals surface area contributed by atoms with E-state index in [1.807, 2.05) is 49.9 Å². The van der Waals surface area contributed by atoms with E-state index in [2.05, 4.69) is 26.1 Å². The summed E-state index contributed by atoms with van der Waals surface area (Å²) in [5.41, 5.74) is 9.44. The molecule has 45 heavy (non-hydrogen) atoms. The minimum atomic E-state index is -0.540. The number of benzene rings is 2. The molecule has 0 aliphatic carbocycles. The molecule has 2 aromatic carbocycles. The largest absolute Gasteiger partial charge is 0.367 e. The molecule has 4 aliphatic heterocycles. The first-order valence-corrected chi connectivity index (χ1v) is 17.1. The third kappa shape index (κ3) is 6.79. The maximum absolute atomic E-state index is 15.4. The number of nitrogens with one attached hydrogen (secondary N) is 1. The number of piperidine rings is 1. The summed E-state index contributed by atoms with van der Waals surface area (Å²) < 4.78 is 15.4. The van der Waals surface area contributed by atoms with Gasteiger partial charge in [0.25, 0.3) is 0 Å². The lowest BCUT2D eigenvalue weighted by Crippen LogP contribution is -2.51. The Labute approximate surface area is 269 Å². The van der Waals surface area contributed by atoms with E-state index in [1.54, 1.807) is 6.07 Å². The first-order chi connectivity index (χ1) is 21.5. The van der Waals surface area contributed by atoms with Crippen LogP contribution in [0.4, 0.5) is 20.6 Å². The maximum atomic E-state index is 15.4. The Balaban J connectivity index is 1.14. The van der Waals surface area contributed by atoms with E-state index in [4.69, 9.17) is 5.73 Å². The van der Waals surface area contributed by atoms with Gasteiger partial charge in [-0.2, -0.15) is 0 Å². The molecule has 4 aliphatic rings. The van der Waals surface area contributed by atoms with Crippen LogP contribution in [0.3, 0.4) is 0 Å². The van der Waals surface area contributed by atoms with Crippen molar-refractivity contribution < 1.29 is 18.8 Å². The van der Waals surface area contributed by atoms with Crippen LogP contribution in [0.5, 0.6) is 0 Å². The van der Waals surface area contributed by atoms with Gasteiger partial charge in [0, 0.05) is 69.0 Å². The molecule has 0 saturated carbocycles. The summed E-state index contributed by atoms with van der Waals surface area (Å²) >= 11 is 1.47. The van der Waals surface area contributed by atoms with Crippen LogP contribution in [0, 0.1) is 11.2 Å². The second-order valence-electron chi connectivity index (χ2n) is 14.0.